The molecule has 21 heavy (non-hydrogen) atoms. The zero-order valence-electron chi connectivity index (χ0n) is 12.4. The van der Waals surface area contributed by atoms with E-state index >= 15 is 0 Å². The molecule has 0 aliphatic heterocycles. The zero-order valence-corrected chi connectivity index (χ0v) is 12.4. The van der Waals surface area contributed by atoms with Crippen molar-refractivity contribution in [3.05, 3.63) is 33.9 Å². The second-order valence-corrected chi connectivity index (χ2v) is 5.50. The molecule has 114 valence electrons. The minimum Gasteiger partial charge on any atom is -0.490 e. The number of hydrogen-bond acceptors (Lipinski definition) is 5. The number of nitro benzene ring substituents is 1. The van der Waals surface area contributed by atoms with Crippen LogP contribution in [-0.4, -0.2) is 30.3 Å². The number of methoxy groups -OCH3 is 1. The zero-order chi connectivity index (χ0) is 16.2. The molecule has 0 aliphatic rings. The molecule has 0 fully saturated rings. The van der Waals surface area contributed by atoms with Gasteiger partial charge in [-0.3, -0.25) is 19.7 Å². The topological polar surface area (TPSA) is 98.5 Å². The molecule has 1 N–H and O–H groups in total. The molecular formula is C14H18N2O5. The van der Waals surface area contributed by atoms with Crippen molar-refractivity contribution in [3.8, 4) is 5.75 Å². The number of hydrogen-bond donors (Lipinski definition) is 1. The van der Waals surface area contributed by atoms with Crippen LogP contribution in [0.4, 0.5) is 5.69 Å². The monoisotopic (exact) mass is 294 g/mol. The van der Waals surface area contributed by atoms with Gasteiger partial charge in [0.1, 0.15) is 0 Å². The number of ether oxygens (including phenoxy) is 1. The fourth-order valence-electron chi connectivity index (χ4n) is 1.50. The second-order valence-electron chi connectivity index (χ2n) is 5.50. The van der Waals surface area contributed by atoms with Crippen LogP contribution in [-0.2, 0) is 4.79 Å². The molecule has 0 bridgehead atoms. The maximum Gasteiger partial charge on any atom is 0.310 e. The number of Topliss-reactive ketones (excluding diaryl/α,β-unsaturated/α-hetero) is 1. The summed E-state index contributed by atoms with van der Waals surface area (Å²) in [5, 5.41) is 13.3. The summed E-state index contributed by atoms with van der Waals surface area (Å²) in [6.45, 7) is 5.19. The quantitative estimate of drug-likeness (QED) is 0.661. The number of amides is 1. The van der Waals surface area contributed by atoms with E-state index in [2.05, 4.69) is 5.32 Å². The molecule has 0 heterocycles. The van der Waals surface area contributed by atoms with Crippen LogP contribution >= 0.6 is 0 Å². The van der Waals surface area contributed by atoms with Crippen molar-refractivity contribution in [3.63, 3.8) is 0 Å². The van der Waals surface area contributed by atoms with Gasteiger partial charge in [0.05, 0.1) is 18.6 Å². The van der Waals surface area contributed by atoms with E-state index < -0.39 is 16.2 Å². The number of carbonyl (C=O) groups is 2. The minimum atomic E-state index is -0.594. The summed E-state index contributed by atoms with van der Waals surface area (Å²) in [5.41, 5.74) is -0.570. The molecule has 0 aromatic heterocycles. The molecule has 0 atom stereocenters. The molecule has 1 rings (SSSR count). The number of nitrogens with one attached hydrogen (secondary N) is 1. The highest BCUT2D eigenvalue weighted by Gasteiger charge is 2.22. The molecule has 7 nitrogen and oxygen atoms in total. The molecule has 0 unspecified atom stereocenters. The SMILES string of the molecule is COc1cc(C(=O)NCC(=O)C(C)(C)C)ccc1[N+](=O)[O-]. The van der Waals surface area contributed by atoms with Gasteiger partial charge in [-0.2, -0.15) is 0 Å². The first-order valence-electron chi connectivity index (χ1n) is 6.30. The summed E-state index contributed by atoms with van der Waals surface area (Å²) in [6.07, 6.45) is 0. The van der Waals surface area contributed by atoms with E-state index in [4.69, 9.17) is 4.74 Å². The molecule has 0 radical (unpaired) electrons. The number of ketones is 1. The molecule has 7 heteroatoms. The Balaban J connectivity index is 2.84. The maximum absolute atomic E-state index is 11.9. The van der Waals surface area contributed by atoms with Gasteiger partial charge in [0.25, 0.3) is 5.91 Å². The highest BCUT2D eigenvalue weighted by atomic mass is 16.6. The van der Waals surface area contributed by atoms with Gasteiger partial charge in [-0.25, -0.2) is 0 Å². The van der Waals surface area contributed by atoms with E-state index in [0.29, 0.717) is 0 Å². The lowest BCUT2D eigenvalue weighted by atomic mass is 9.91. The van der Waals surface area contributed by atoms with E-state index in [-0.39, 0.29) is 29.3 Å². The van der Waals surface area contributed by atoms with Crippen molar-refractivity contribution in [1.82, 2.24) is 5.32 Å². The summed E-state index contributed by atoms with van der Waals surface area (Å²) in [7, 11) is 1.28. The number of rotatable bonds is 5. The van der Waals surface area contributed by atoms with Crippen LogP contribution in [0.1, 0.15) is 31.1 Å². The summed E-state index contributed by atoms with van der Waals surface area (Å²) >= 11 is 0. The van der Waals surface area contributed by atoms with Gasteiger partial charge < -0.3 is 10.1 Å². The predicted octanol–water partition coefficient (Wildman–Crippen LogP) is 1.95. The van der Waals surface area contributed by atoms with E-state index in [1.807, 2.05) is 0 Å². The van der Waals surface area contributed by atoms with Crippen LogP contribution in [0.5, 0.6) is 5.75 Å². The number of nitro groups is 1. The van der Waals surface area contributed by atoms with Crippen molar-refractivity contribution in [2.24, 2.45) is 5.41 Å². The molecule has 1 aromatic rings. The second kappa shape index (κ2) is 6.34. The third-order valence-corrected chi connectivity index (χ3v) is 2.88. The Morgan fingerprint density at radius 1 is 1.33 bits per heavy atom. The van der Waals surface area contributed by atoms with Crippen LogP contribution in [0.3, 0.4) is 0 Å². The fourth-order valence-corrected chi connectivity index (χ4v) is 1.50. The Kier molecular flexibility index (Phi) is 5.02. The average molecular weight is 294 g/mol. The van der Waals surface area contributed by atoms with Gasteiger partial charge in [-0.15, -0.1) is 0 Å². The van der Waals surface area contributed by atoms with E-state index in [9.17, 15) is 19.7 Å². The van der Waals surface area contributed by atoms with Gasteiger partial charge in [0.2, 0.25) is 0 Å². The molecule has 0 spiro atoms. The highest BCUT2D eigenvalue weighted by molar-refractivity contribution is 5.98. The third-order valence-electron chi connectivity index (χ3n) is 2.88. The van der Waals surface area contributed by atoms with Gasteiger partial charge in [0.15, 0.2) is 11.5 Å². The molecule has 1 amide bonds. The van der Waals surface area contributed by atoms with Gasteiger partial charge >= 0.3 is 5.69 Å². The van der Waals surface area contributed by atoms with E-state index in [1.165, 1.54) is 25.3 Å². The standard InChI is InChI=1S/C14H18N2O5/c1-14(2,3)12(17)8-15-13(18)9-5-6-10(16(19)20)11(7-9)21-4/h5-7H,8H2,1-4H3,(H,15,18). The van der Waals surface area contributed by atoms with Crippen molar-refractivity contribution in [2.45, 2.75) is 20.8 Å². The normalized spacial score (nSPS) is 10.9. The van der Waals surface area contributed by atoms with Crippen molar-refractivity contribution >= 4 is 17.4 Å². The molecule has 0 saturated carbocycles. The van der Waals surface area contributed by atoms with Crippen LogP contribution in [0, 0.1) is 15.5 Å². The minimum absolute atomic E-state index is 0.00482. The summed E-state index contributed by atoms with van der Waals surface area (Å²) in [6, 6.07) is 3.78. The molecule has 0 aliphatic carbocycles. The van der Waals surface area contributed by atoms with Gasteiger partial charge in [0, 0.05) is 23.1 Å². The lowest BCUT2D eigenvalue weighted by Gasteiger charge is -2.16. The van der Waals surface area contributed by atoms with Crippen LogP contribution in [0.25, 0.3) is 0 Å². The predicted molar refractivity (Wildman–Crippen MR) is 76.4 cm³/mol. The lowest BCUT2D eigenvalue weighted by Crippen LogP contribution is -2.35. The maximum atomic E-state index is 11.9. The Bertz CT molecular complexity index is 575. The summed E-state index contributed by atoms with van der Waals surface area (Å²) < 4.78 is 4.89. The third kappa shape index (κ3) is 4.27. The Morgan fingerprint density at radius 2 is 1.95 bits per heavy atom. The summed E-state index contributed by atoms with van der Waals surface area (Å²) in [4.78, 5) is 33.8. The van der Waals surface area contributed by atoms with Crippen molar-refractivity contribution in [2.75, 3.05) is 13.7 Å². The number of benzene rings is 1. The van der Waals surface area contributed by atoms with Crippen LogP contribution in [0.15, 0.2) is 18.2 Å². The Labute approximate surface area is 122 Å². The van der Waals surface area contributed by atoms with Gasteiger partial charge in [-0.1, -0.05) is 20.8 Å². The first-order valence-corrected chi connectivity index (χ1v) is 6.30. The Hall–Kier alpha value is -2.44. The van der Waals surface area contributed by atoms with E-state index in [1.54, 1.807) is 20.8 Å². The Morgan fingerprint density at radius 3 is 2.43 bits per heavy atom. The molecule has 1 aromatic carbocycles. The summed E-state index contributed by atoms with van der Waals surface area (Å²) in [5.74, 6) is -0.597. The largest absolute Gasteiger partial charge is 0.490 e. The van der Waals surface area contributed by atoms with Crippen LogP contribution < -0.4 is 10.1 Å². The van der Waals surface area contributed by atoms with Gasteiger partial charge in [-0.05, 0) is 6.07 Å². The fraction of sp³-hybridized carbons (Fsp3) is 0.429. The number of carbonyl (C=O) groups excluding carboxylic acids is 2. The highest BCUT2D eigenvalue weighted by Crippen LogP contribution is 2.27. The van der Waals surface area contributed by atoms with E-state index in [0.717, 1.165) is 0 Å². The van der Waals surface area contributed by atoms with Crippen LogP contribution in [0.2, 0.25) is 0 Å². The van der Waals surface area contributed by atoms with Crippen molar-refractivity contribution < 1.29 is 19.2 Å². The first-order chi connectivity index (χ1) is 9.66. The number of nitrogens with zero attached hydrogens (tertiary/aromatic N) is 1. The smallest absolute Gasteiger partial charge is 0.310 e. The average Bonchev–Trinajstić information content (AvgIpc) is 2.42. The first kappa shape index (κ1) is 16.6. The molecular weight excluding hydrogens is 276 g/mol. The lowest BCUT2D eigenvalue weighted by molar-refractivity contribution is -0.385. The molecule has 0 saturated heterocycles. The van der Waals surface area contributed by atoms with Crippen molar-refractivity contribution in [1.29, 1.82) is 0 Å².